The first-order valence-corrected chi connectivity index (χ1v) is 8.48. The maximum Gasteiger partial charge on any atom is 0.222 e. The van der Waals surface area contributed by atoms with Crippen molar-refractivity contribution in [2.75, 3.05) is 32.7 Å². The van der Waals surface area contributed by atoms with Crippen LogP contribution in [0.15, 0.2) is 17.4 Å². The first-order valence-electron chi connectivity index (χ1n) is 8.48. The molecule has 7 nitrogen and oxygen atoms in total. The molecule has 2 rings (SSSR count). The number of hydrogen-bond acceptors (Lipinski definition) is 3. The maximum atomic E-state index is 11.5. The van der Waals surface area contributed by atoms with Crippen molar-refractivity contribution in [2.24, 2.45) is 4.99 Å². The molecule has 0 aliphatic carbocycles. The number of likely N-dealkylation sites (tertiary alicyclic amines) is 1. The van der Waals surface area contributed by atoms with E-state index in [2.05, 4.69) is 27.6 Å². The summed E-state index contributed by atoms with van der Waals surface area (Å²) in [4.78, 5) is 18.0. The van der Waals surface area contributed by atoms with Crippen LogP contribution in [0.2, 0.25) is 0 Å². The molecule has 0 bridgehead atoms. The Bertz CT molecular complexity index is 530. The van der Waals surface area contributed by atoms with Gasteiger partial charge in [-0.1, -0.05) is 0 Å². The number of nitrogens with one attached hydrogen (secondary N) is 2. The van der Waals surface area contributed by atoms with E-state index in [4.69, 9.17) is 0 Å². The highest BCUT2D eigenvalue weighted by Gasteiger charge is 2.18. The third kappa shape index (κ3) is 7.06. The number of carbonyl (C=O) groups excluding carboxylic acids is 1. The number of aromatic nitrogens is 2. The monoisotopic (exact) mass is 448 g/mol. The summed E-state index contributed by atoms with van der Waals surface area (Å²) in [6.45, 7) is 8.94. The van der Waals surface area contributed by atoms with Gasteiger partial charge in [-0.05, 0) is 32.3 Å². The molecule has 0 saturated carbocycles. The minimum Gasteiger partial charge on any atom is -0.357 e. The minimum atomic E-state index is 0. The molecule has 0 unspecified atom stereocenters. The van der Waals surface area contributed by atoms with E-state index in [0.717, 1.165) is 58.1 Å². The Balaban J connectivity index is 0.00000288. The number of hydrogen-bond donors (Lipinski definition) is 2. The van der Waals surface area contributed by atoms with Crippen LogP contribution in [0.5, 0.6) is 0 Å². The Morgan fingerprint density at radius 1 is 1.38 bits per heavy atom. The van der Waals surface area contributed by atoms with Crippen molar-refractivity contribution in [1.29, 1.82) is 0 Å². The highest BCUT2D eigenvalue weighted by Crippen LogP contribution is 2.09. The van der Waals surface area contributed by atoms with Crippen LogP contribution in [0.25, 0.3) is 0 Å². The maximum absolute atomic E-state index is 11.5. The fourth-order valence-corrected chi connectivity index (χ4v) is 2.61. The number of halogens is 1. The molecule has 1 aromatic heterocycles. The van der Waals surface area contributed by atoms with Gasteiger partial charge in [0.2, 0.25) is 5.91 Å². The Kier molecular flexibility index (Phi) is 9.73. The summed E-state index contributed by atoms with van der Waals surface area (Å²) in [6, 6.07) is 0. The number of amides is 1. The zero-order chi connectivity index (χ0) is 16.5. The molecule has 24 heavy (non-hydrogen) atoms. The molecule has 1 aromatic rings. The fraction of sp³-hybridized carbons (Fsp3) is 0.688. The van der Waals surface area contributed by atoms with Crippen molar-refractivity contribution in [3.8, 4) is 0 Å². The Hall–Kier alpha value is -1.32. The number of guanidine groups is 1. The van der Waals surface area contributed by atoms with E-state index in [0.29, 0.717) is 6.42 Å². The molecule has 8 heteroatoms. The third-order valence-corrected chi connectivity index (χ3v) is 3.77. The van der Waals surface area contributed by atoms with E-state index in [1.54, 1.807) is 0 Å². The first kappa shape index (κ1) is 20.7. The van der Waals surface area contributed by atoms with Crippen LogP contribution in [0.4, 0.5) is 0 Å². The zero-order valence-corrected chi connectivity index (χ0v) is 17.0. The van der Waals surface area contributed by atoms with Gasteiger partial charge in [-0.3, -0.25) is 14.5 Å². The minimum absolute atomic E-state index is 0. The second-order valence-corrected chi connectivity index (χ2v) is 5.81. The summed E-state index contributed by atoms with van der Waals surface area (Å²) in [7, 11) is 0. The molecule has 1 fully saturated rings. The average Bonchev–Trinajstić information content (AvgIpc) is 3.12. The van der Waals surface area contributed by atoms with E-state index in [1.165, 1.54) is 5.56 Å². The lowest BCUT2D eigenvalue weighted by molar-refractivity contribution is -0.127. The number of aliphatic imine (C=N–C) groups is 1. The summed E-state index contributed by atoms with van der Waals surface area (Å²) >= 11 is 0. The van der Waals surface area contributed by atoms with E-state index < -0.39 is 0 Å². The Morgan fingerprint density at radius 2 is 2.21 bits per heavy atom. The molecule has 1 aliphatic rings. The van der Waals surface area contributed by atoms with Gasteiger partial charge in [0.25, 0.3) is 0 Å². The van der Waals surface area contributed by atoms with Crippen molar-refractivity contribution in [3.05, 3.63) is 18.0 Å². The molecule has 2 N–H and O–H groups in total. The van der Waals surface area contributed by atoms with E-state index in [1.807, 2.05) is 28.9 Å². The first-order chi connectivity index (χ1) is 11.2. The van der Waals surface area contributed by atoms with Gasteiger partial charge in [-0.15, -0.1) is 24.0 Å². The lowest BCUT2D eigenvalue weighted by Gasteiger charge is -2.15. The Morgan fingerprint density at radius 3 is 2.83 bits per heavy atom. The topological polar surface area (TPSA) is 74.6 Å². The third-order valence-electron chi connectivity index (χ3n) is 3.77. The van der Waals surface area contributed by atoms with Crippen LogP contribution in [-0.2, 0) is 11.3 Å². The molecule has 0 spiro atoms. The van der Waals surface area contributed by atoms with Gasteiger partial charge in [0, 0.05) is 45.3 Å². The van der Waals surface area contributed by atoms with Gasteiger partial charge in [0.05, 0.1) is 12.7 Å². The standard InChI is InChI=1S/C16H28N6O.HI/c1-3-17-16(19-8-11-22-13-14(2)12-20-22)18-7-5-10-21-9-4-6-15(21)23;/h12-13H,3-11H2,1-2H3,(H2,17,18,19);1H. The predicted octanol–water partition coefficient (Wildman–Crippen LogP) is 1.38. The second-order valence-electron chi connectivity index (χ2n) is 5.81. The Labute approximate surface area is 161 Å². The van der Waals surface area contributed by atoms with Crippen molar-refractivity contribution in [1.82, 2.24) is 25.3 Å². The van der Waals surface area contributed by atoms with E-state index in [-0.39, 0.29) is 29.9 Å². The van der Waals surface area contributed by atoms with Gasteiger partial charge in [-0.25, -0.2) is 0 Å². The molecule has 0 atom stereocenters. The van der Waals surface area contributed by atoms with Crippen LogP contribution < -0.4 is 10.6 Å². The van der Waals surface area contributed by atoms with Crippen LogP contribution in [-0.4, -0.2) is 59.3 Å². The van der Waals surface area contributed by atoms with Crippen molar-refractivity contribution < 1.29 is 4.79 Å². The van der Waals surface area contributed by atoms with Crippen molar-refractivity contribution >= 4 is 35.8 Å². The largest absolute Gasteiger partial charge is 0.357 e. The average molecular weight is 448 g/mol. The molecule has 1 saturated heterocycles. The van der Waals surface area contributed by atoms with Crippen molar-refractivity contribution in [3.63, 3.8) is 0 Å². The van der Waals surface area contributed by atoms with Gasteiger partial charge < -0.3 is 15.5 Å². The molecular formula is C16H29IN6O. The highest BCUT2D eigenvalue weighted by molar-refractivity contribution is 14.0. The molecule has 2 heterocycles. The molecule has 1 aliphatic heterocycles. The van der Waals surface area contributed by atoms with Crippen LogP contribution in [0.3, 0.4) is 0 Å². The van der Waals surface area contributed by atoms with Crippen LogP contribution >= 0.6 is 24.0 Å². The predicted molar refractivity (Wildman–Crippen MR) is 107 cm³/mol. The molecule has 1 amide bonds. The summed E-state index contributed by atoms with van der Waals surface area (Å²) in [5.41, 5.74) is 1.17. The second kappa shape index (κ2) is 11.3. The lowest BCUT2D eigenvalue weighted by Crippen LogP contribution is -2.39. The smallest absolute Gasteiger partial charge is 0.222 e. The number of nitrogens with zero attached hydrogens (tertiary/aromatic N) is 4. The molecular weight excluding hydrogens is 419 g/mol. The van der Waals surface area contributed by atoms with Gasteiger partial charge in [0.15, 0.2) is 5.96 Å². The van der Waals surface area contributed by atoms with Gasteiger partial charge in [-0.2, -0.15) is 5.10 Å². The van der Waals surface area contributed by atoms with E-state index >= 15 is 0 Å². The number of rotatable bonds is 8. The fourth-order valence-electron chi connectivity index (χ4n) is 2.61. The summed E-state index contributed by atoms with van der Waals surface area (Å²) < 4.78 is 1.92. The van der Waals surface area contributed by atoms with Crippen molar-refractivity contribution in [2.45, 2.75) is 39.7 Å². The number of carbonyl (C=O) groups is 1. The normalized spacial score (nSPS) is 14.7. The van der Waals surface area contributed by atoms with Gasteiger partial charge in [0.1, 0.15) is 0 Å². The van der Waals surface area contributed by atoms with Gasteiger partial charge >= 0.3 is 0 Å². The summed E-state index contributed by atoms with van der Waals surface area (Å²) in [6.07, 6.45) is 6.50. The molecule has 136 valence electrons. The zero-order valence-electron chi connectivity index (χ0n) is 14.6. The summed E-state index contributed by atoms with van der Waals surface area (Å²) in [5, 5.41) is 10.8. The summed E-state index contributed by atoms with van der Waals surface area (Å²) in [5.74, 6) is 1.11. The SMILES string of the molecule is CCNC(=NCCCN1CCCC1=O)NCCn1cc(C)cn1.I. The number of aryl methyl sites for hydroxylation is 1. The molecule has 0 aromatic carbocycles. The lowest BCUT2D eigenvalue weighted by atomic mass is 10.4. The van der Waals surface area contributed by atoms with Crippen LogP contribution in [0, 0.1) is 6.92 Å². The quantitative estimate of drug-likeness (QED) is 0.273. The highest BCUT2D eigenvalue weighted by atomic mass is 127. The van der Waals surface area contributed by atoms with Crippen LogP contribution in [0.1, 0.15) is 31.7 Å². The molecule has 0 radical (unpaired) electrons. The van der Waals surface area contributed by atoms with E-state index in [9.17, 15) is 4.79 Å².